The monoisotopic (exact) mass is 243 g/mol. The molecule has 2 heterocycles. The van der Waals surface area contributed by atoms with Gasteiger partial charge in [0.05, 0.1) is 6.20 Å². The number of nitriles is 1. The minimum Gasteiger partial charge on any atom is -0.357 e. The summed E-state index contributed by atoms with van der Waals surface area (Å²) in [5, 5.41) is 13.1. The molecule has 0 unspecified atom stereocenters. The maximum Gasteiger partial charge on any atom is 0.175 e. The van der Waals surface area contributed by atoms with Crippen molar-refractivity contribution in [1.29, 1.82) is 5.26 Å². The average Bonchev–Trinajstić information content (AvgIpc) is 2.82. The van der Waals surface area contributed by atoms with E-state index in [9.17, 15) is 0 Å². The first-order valence-corrected chi connectivity index (χ1v) is 6.29. The van der Waals surface area contributed by atoms with Crippen LogP contribution in [-0.4, -0.2) is 27.7 Å². The van der Waals surface area contributed by atoms with Gasteiger partial charge in [-0.1, -0.05) is 13.3 Å². The van der Waals surface area contributed by atoms with Crippen molar-refractivity contribution in [3.8, 4) is 6.07 Å². The second kappa shape index (κ2) is 5.50. The highest BCUT2D eigenvalue weighted by molar-refractivity contribution is 5.57. The van der Waals surface area contributed by atoms with E-state index in [-0.39, 0.29) is 0 Å². The molecule has 0 aliphatic rings. The molecule has 0 spiro atoms. The highest BCUT2D eigenvalue weighted by Crippen LogP contribution is 2.15. The van der Waals surface area contributed by atoms with E-state index in [1.165, 1.54) is 0 Å². The molecule has 0 N–H and O–H groups in total. The zero-order chi connectivity index (χ0) is 13.0. The number of hydrogen-bond donors (Lipinski definition) is 0. The Labute approximate surface area is 107 Å². The lowest BCUT2D eigenvalue weighted by atomic mass is 10.3. The predicted molar refractivity (Wildman–Crippen MR) is 70.5 cm³/mol. The van der Waals surface area contributed by atoms with Crippen molar-refractivity contribution in [1.82, 2.24) is 14.6 Å². The summed E-state index contributed by atoms with van der Waals surface area (Å²) in [6.45, 7) is 6.20. The van der Waals surface area contributed by atoms with Gasteiger partial charge < -0.3 is 4.90 Å². The fourth-order valence-corrected chi connectivity index (χ4v) is 1.90. The minimum atomic E-state index is 0.517. The summed E-state index contributed by atoms with van der Waals surface area (Å²) in [7, 11) is 0. The van der Waals surface area contributed by atoms with Gasteiger partial charge in [-0.25, -0.2) is 9.50 Å². The largest absolute Gasteiger partial charge is 0.357 e. The molecule has 5 heteroatoms. The van der Waals surface area contributed by atoms with Crippen LogP contribution in [-0.2, 0) is 0 Å². The highest BCUT2D eigenvalue weighted by atomic mass is 15.3. The summed E-state index contributed by atoms with van der Waals surface area (Å²) in [6.07, 6.45) is 5.71. The number of nitrogens with zero attached hydrogens (tertiary/aromatic N) is 5. The first-order chi connectivity index (χ1) is 8.80. The molecule has 0 fully saturated rings. The third kappa shape index (κ3) is 2.28. The third-order valence-electron chi connectivity index (χ3n) is 2.96. The van der Waals surface area contributed by atoms with Crippen LogP contribution < -0.4 is 4.90 Å². The van der Waals surface area contributed by atoms with Crippen LogP contribution >= 0.6 is 0 Å². The van der Waals surface area contributed by atoms with Gasteiger partial charge >= 0.3 is 0 Å². The molecule has 2 rings (SSSR count). The Balaban J connectivity index is 2.35. The predicted octanol–water partition coefficient (Wildman–Crippen LogP) is 2.23. The average molecular weight is 243 g/mol. The van der Waals surface area contributed by atoms with Gasteiger partial charge in [0.1, 0.15) is 17.5 Å². The fraction of sp³-hybridized carbons (Fsp3) is 0.462. The highest BCUT2D eigenvalue weighted by Gasteiger charge is 2.09. The molecule has 0 amide bonds. The van der Waals surface area contributed by atoms with Gasteiger partial charge in [-0.15, -0.1) is 0 Å². The van der Waals surface area contributed by atoms with Crippen LogP contribution in [0.3, 0.4) is 0 Å². The first-order valence-electron chi connectivity index (χ1n) is 6.29. The third-order valence-corrected chi connectivity index (χ3v) is 2.96. The molecule has 94 valence electrons. The van der Waals surface area contributed by atoms with E-state index in [1.807, 2.05) is 12.3 Å². The van der Waals surface area contributed by atoms with Crippen molar-refractivity contribution >= 4 is 11.5 Å². The van der Waals surface area contributed by atoms with Crippen LogP contribution in [0.25, 0.3) is 5.65 Å². The van der Waals surface area contributed by atoms with Crippen LogP contribution in [0.2, 0.25) is 0 Å². The molecule has 0 atom stereocenters. The van der Waals surface area contributed by atoms with Crippen molar-refractivity contribution in [2.45, 2.75) is 26.7 Å². The topological polar surface area (TPSA) is 57.2 Å². The lowest BCUT2D eigenvalue weighted by Gasteiger charge is -2.21. The molecular formula is C13H17N5. The standard InChI is InChI=1S/C13H17N5/c1-3-5-7-17(4-2)12-6-8-18-13(16-12)11(9-14)10-15-18/h6,8,10H,3-5,7H2,1-2H3. The molecule has 0 aliphatic heterocycles. The van der Waals surface area contributed by atoms with Crippen molar-refractivity contribution in [2.75, 3.05) is 18.0 Å². The zero-order valence-corrected chi connectivity index (χ0v) is 10.8. The van der Waals surface area contributed by atoms with Crippen LogP contribution in [0, 0.1) is 11.3 Å². The summed E-state index contributed by atoms with van der Waals surface area (Å²) in [5.41, 5.74) is 1.15. The summed E-state index contributed by atoms with van der Waals surface area (Å²) < 4.78 is 1.63. The maximum absolute atomic E-state index is 9.00. The Hall–Kier alpha value is -2.09. The molecule has 0 radical (unpaired) electrons. The van der Waals surface area contributed by atoms with Gasteiger partial charge in [0.15, 0.2) is 5.65 Å². The van der Waals surface area contributed by atoms with Gasteiger partial charge in [0.2, 0.25) is 0 Å². The number of anilines is 1. The second-order valence-electron chi connectivity index (χ2n) is 4.16. The summed E-state index contributed by atoms with van der Waals surface area (Å²) in [6, 6.07) is 4.06. The molecule has 2 aromatic heterocycles. The molecule has 0 aliphatic carbocycles. The smallest absolute Gasteiger partial charge is 0.175 e. The zero-order valence-electron chi connectivity index (χ0n) is 10.8. The lowest BCUT2D eigenvalue weighted by molar-refractivity contribution is 0.723. The molecular weight excluding hydrogens is 226 g/mol. The maximum atomic E-state index is 9.00. The van der Waals surface area contributed by atoms with E-state index in [2.05, 4.69) is 34.9 Å². The Morgan fingerprint density at radius 1 is 1.44 bits per heavy atom. The Kier molecular flexibility index (Phi) is 3.78. The Morgan fingerprint density at radius 2 is 2.28 bits per heavy atom. The van der Waals surface area contributed by atoms with E-state index >= 15 is 0 Å². The van der Waals surface area contributed by atoms with Crippen molar-refractivity contribution < 1.29 is 0 Å². The molecule has 0 saturated heterocycles. The Morgan fingerprint density at radius 3 is 2.94 bits per heavy atom. The molecule has 0 aromatic carbocycles. The van der Waals surface area contributed by atoms with E-state index in [1.54, 1.807) is 10.7 Å². The van der Waals surface area contributed by atoms with Crippen LogP contribution in [0.15, 0.2) is 18.5 Å². The van der Waals surface area contributed by atoms with Crippen LogP contribution in [0.4, 0.5) is 5.82 Å². The molecule has 5 nitrogen and oxygen atoms in total. The first kappa shape index (κ1) is 12.4. The minimum absolute atomic E-state index is 0.517. The number of aromatic nitrogens is 3. The fourth-order valence-electron chi connectivity index (χ4n) is 1.90. The quantitative estimate of drug-likeness (QED) is 0.808. The van der Waals surface area contributed by atoms with Gasteiger partial charge in [-0.2, -0.15) is 10.4 Å². The second-order valence-corrected chi connectivity index (χ2v) is 4.16. The number of rotatable bonds is 5. The van der Waals surface area contributed by atoms with E-state index < -0.39 is 0 Å². The molecule has 18 heavy (non-hydrogen) atoms. The van der Waals surface area contributed by atoms with Crippen molar-refractivity contribution in [3.05, 3.63) is 24.0 Å². The summed E-state index contributed by atoms with van der Waals surface area (Å²) in [4.78, 5) is 6.75. The van der Waals surface area contributed by atoms with E-state index in [0.29, 0.717) is 11.2 Å². The molecule has 2 aromatic rings. The number of fused-ring (bicyclic) bond motifs is 1. The van der Waals surface area contributed by atoms with Gasteiger partial charge in [-0.3, -0.25) is 0 Å². The van der Waals surface area contributed by atoms with Gasteiger partial charge in [0, 0.05) is 19.3 Å². The van der Waals surface area contributed by atoms with Crippen LogP contribution in [0.1, 0.15) is 32.3 Å². The van der Waals surface area contributed by atoms with Crippen molar-refractivity contribution in [3.63, 3.8) is 0 Å². The van der Waals surface area contributed by atoms with Crippen LogP contribution in [0.5, 0.6) is 0 Å². The lowest BCUT2D eigenvalue weighted by Crippen LogP contribution is -2.25. The van der Waals surface area contributed by atoms with Gasteiger partial charge in [-0.05, 0) is 19.4 Å². The van der Waals surface area contributed by atoms with Gasteiger partial charge in [0.25, 0.3) is 0 Å². The summed E-state index contributed by atoms with van der Waals surface area (Å²) >= 11 is 0. The SMILES string of the molecule is CCCCN(CC)c1ccn2ncc(C#N)c2n1. The van der Waals surface area contributed by atoms with Crippen molar-refractivity contribution in [2.24, 2.45) is 0 Å². The number of unbranched alkanes of at least 4 members (excludes halogenated alkanes) is 1. The van der Waals surface area contributed by atoms with E-state index in [0.717, 1.165) is 31.7 Å². The summed E-state index contributed by atoms with van der Waals surface area (Å²) in [5.74, 6) is 0.912. The molecule has 0 bridgehead atoms. The van der Waals surface area contributed by atoms with E-state index in [4.69, 9.17) is 5.26 Å². The Bertz CT molecular complexity index is 566. The number of hydrogen-bond acceptors (Lipinski definition) is 4. The normalized spacial score (nSPS) is 10.5. The molecule has 0 saturated carbocycles.